The molecule has 6 aromatic carbocycles. The van der Waals surface area contributed by atoms with Crippen molar-refractivity contribution in [2.75, 3.05) is 24.7 Å². The third kappa shape index (κ3) is 17.2. The van der Waals surface area contributed by atoms with Gasteiger partial charge in [0, 0.05) is 11.5 Å². The Morgan fingerprint density at radius 3 is 0.802 bits per heavy atom. The average molecular weight is 1500 g/mol. The summed E-state index contributed by atoms with van der Waals surface area (Å²) in [5.41, 5.74) is 0.667. The lowest BCUT2D eigenvalue weighted by molar-refractivity contribution is -0.307. The van der Waals surface area contributed by atoms with Crippen LogP contribution in [-0.4, -0.2) is 207 Å². The van der Waals surface area contributed by atoms with E-state index in [4.69, 9.17) is 94.7 Å². The van der Waals surface area contributed by atoms with Crippen LogP contribution in [0.1, 0.15) is 118 Å². The Morgan fingerprint density at radius 2 is 0.519 bits per heavy atom. The maximum atomic E-state index is 14.7. The van der Waals surface area contributed by atoms with Crippen LogP contribution in [0.3, 0.4) is 0 Å². The van der Waals surface area contributed by atoms with Crippen LogP contribution in [0, 0.1) is 0 Å². The zero-order chi connectivity index (χ0) is 74.1. The number of ether oxygens (including phenoxy) is 20. The summed E-state index contributed by atoms with van der Waals surface area (Å²) >= 11 is 0. The molecule has 0 N–H and O–H groups in total. The number of carbonyl (C=O) groups is 6. The van der Waals surface area contributed by atoms with Crippen LogP contribution in [0.25, 0.3) is 0 Å². The number of benzene rings is 6. The summed E-state index contributed by atoms with van der Waals surface area (Å²) in [7, 11) is 2.30. The molecule has 6 aromatic rings. The lowest BCUT2D eigenvalue weighted by Crippen LogP contribution is -2.63. The minimum absolute atomic E-state index is 0.102. The number of fused-ring (bicyclic) bond motifs is 6. The zero-order valence-electron chi connectivity index (χ0n) is 59.1. The van der Waals surface area contributed by atoms with Crippen molar-refractivity contribution in [3.63, 3.8) is 0 Å². The fraction of sp³-hybridized carbons (Fsp3) is 0.462. The molecule has 562 valence electrons. The Morgan fingerprint density at radius 1 is 0.283 bits per heavy atom. The van der Waals surface area contributed by atoms with E-state index in [0.29, 0.717) is 0 Å². The molecule has 0 saturated carbocycles. The Hall–Kier alpha value is -7.72. The maximum Gasteiger partial charge on any atom is 0.338 e. The van der Waals surface area contributed by atoms with Gasteiger partial charge in [-0.1, -0.05) is 131 Å². The van der Waals surface area contributed by atoms with Crippen molar-refractivity contribution in [3.05, 3.63) is 215 Å². The molecule has 28 heteroatoms. The molecule has 106 heavy (non-hydrogen) atoms. The predicted octanol–water partition coefficient (Wildman–Crippen LogP) is 10.00. The van der Waals surface area contributed by atoms with Gasteiger partial charge in [-0.05, 0) is 128 Å². The molecule has 8 saturated heterocycles. The van der Waals surface area contributed by atoms with E-state index in [9.17, 15) is 28.8 Å². The minimum atomic E-state index is -1.69. The first-order valence-corrected chi connectivity index (χ1v) is 37.5. The summed E-state index contributed by atoms with van der Waals surface area (Å²) in [5, 5.41) is 0. The standard InChI is InChI=1S/C78H82O26S2/c1-75(2)97-55-49(87-73-63(59(55)99-75)101-77(5,6)103-73)39-85-71-61(95-69(83)47-35-23-13-24-36-47)57(93-67(81)45-31-19-11-20-32-45)53(91-65(79)43-27-15-9-16-28-43)51(89-71)41-105-106-42-52-54(92-66(80)44-29-17-10-18-30-44)58(94-68(82)46-33-21-12-22-34-46)62(96-70(84)48-37-25-14-26-38-48)72(90-52)86-40-50-56-60(100-76(3,4)98-56)64-74(88-50)104-78(7,8)102-64/h9-38,49-64,71-74H,39-42H2,1-8H3/t49-,50-,51-,52-,53-,54-,55+,56+,57+,58+,59+,60+,61-,62-,63-,64-,71-,72-,73-,74-/m1/s1. The molecule has 0 spiro atoms. The number of rotatable bonds is 23. The van der Waals surface area contributed by atoms with Gasteiger partial charge in [-0.3, -0.25) is 0 Å². The summed E-state index contributed by atoms with van der Waals surface area (Å²) in [6.45, 7) is 13.4. The van der Waals surface area contributed by atoms with E-state index < -0.39 is 182 Å². The molecule has 8 heterocycles. The van der Waals surface area contributed by atoms with Gasteiger partial charge in [0.05, 0.1) is 46.6 Å². The van der Waals surface area contributed by atoms with Crippen molar-refractivity contribution in [2.45, 2.75) is 201 Å². The molecule has 0 amide bonds. The molecule has 0 unspecified atom stereocenters. The van der Waals surface area contributed by atoms with E-state index >= 15 is 0 Å². The Balaban J connectivity index is 0.815. The Labute approximate surface area is 619 Å². The van der Waals surface area contributed by atoms with Crippen molar-refractivity contribution >= 4 is 57.4 Å². The molecule has 20 atom stereocenters. The predicted molar refractivity (Wildman–Crippen MR) is 373 cm³/mol. The summed E-state index contributed by atoms with van der Waals surface area (Å²) in [4.78, 5) is 88.0. The van der Waals surface area contributed by atoms with Gasteiger partial charge < -0.3 is 94.7 Å². The lowest BCUT2D eigenvalue weighted by atomic mass is 9.97. The van der Waals surface area contributed by atoms with Gasteiger partial charge in [0.2, 0.25) is 0 Å². The Bertz CT molecular complexity index is 3770. The third-order valence-electron chi connectivity index (χ3n) is 18.6. The van der Waals surface area contributed by atoms with E-state index in [1.165, 1.54) is 48.5 Å². The monoisotopic (exact) mass is 1500 g/mol. The van der Waals surface area contributed by atoms with Crippen LogP contribution in [0.2, 0.25) is 0 Å². The highest BCUT2D eigenvalue weighted by Gasteiger charge is 2.64. The topological polar surface area (TPSA) is 287 Å². The van der Waals surface area contributed by atoms with Crippen LogP contribution < -0.4 is 0 Å². The van der Waals surface area contributed by atoms with Gasteiger partial charge in [-0.2, -0.15) is 0 Å². The molecule has 0 aliphatic carbocycles. The normalized spacial score (nSPS) is 32.7. The smallest absolute Gasteiger partial charge is 0.338 e. The van der Waals surface area contributed by atoms with Gasteiger partial charge in [0.15, 0.2) is 84.9 Å². The largest absolute Gasteiger partial charge is 0.452 e. The quantitative estimate of drug-likeness (QED) is 0.0249. The molecule has 0 bridgehead atoms. The fourth-order valence-electron chi connectivity index (χ4n) is 14.0. The second kappa shape index (κ2) is 31.8. The third-order valence-corrected chi connectivity index (χ3v) is 21.0. The first-order valence-electron chi connectivity index (χ1n) is 35.0. The van der Waals surface area contributed by atoms with Gasteiger partial charge >= 0.3 is 35.8 Å². The zero-order valence-corrected chi connectivity index (χ0v) is 60.8. The number of esters is 6. The fourth-order valence-corrected chi connectivity index (χ4v) is 16.3. The van der Waals surface area contributed by atoms with Crippen molar-refractivity contribution < 1.29 is 124 Å². The molecular formula is C78H82O26S2. The molecule has 8 fully saturated rings. The van der Waals surface area contributed by atoms with Gasteiger partial charge in [0.25, 0.3) is 0 Å². The number of carbonyl (C=O) groups excluding carboxylic acids is 6. The van der Waals surface area contributed by atoms with E-state index in [1.54, 1.807) is 189 Å². The van der Waals surface area contributed by atoms with Gasteiger partial charge in [-0.15, -0.1) is 0 Å². The van der Waals surface area contributed by atoms with Gasteiger partial charge in [-0.25, -0.2) is 28.8 Å². The minimum Gasteiger partial charge on any atom is -0.452 e. The average Bonchev–Trinajstić information content (AvgIpc) is 1.58. The van der Waals surface area contributed by atoms with E-state index in [-0.39, 0.29) is 58.1 Å². The highest BCUT2D eigenvalue weighted by Crippen LogP contribution is 2.48. The van der Waals surface area contributed by atoms with Crippen molar-refractivity contribution in [1.82, 2.24) is 0 Å². The molecular weight excluding hydrogens is 1420 g/mol. The highest BCUT2D eigenvalue weighted by atomic mass is 33.1. The maximum absolute atomic E-state index is 14.7. The molecule has 0 radical (unpaired) electrons. The lowest BCUT2D eigenvalue weighted by Gasteiger charge is -2.45. The van der Waals surface area contributed by atoms with E-state index in [2.05, 4.69) is 0 Å². The van der Waals surface area contributed by atoms with Crippen LogP contribution in [0.15, 0.2) is 182 Å². The number of hydrogen-bond donors (Lipinski definition) is 0. The molecule has 14 rings (SSSR count). The summed E-state index contributed by atoms with van der Waals surface area (Å²) < 4.78 is 130. The van der Waals surface area contributed by atoms with Crippen molar-refractivity contribution in [1.29, 1.82) is 0 Å². The van der Waals surface area contributed by atoms with Crippen LogP contribution >= 0.6 is 21.6 Å². The van der Waals surface area contributed by atoms with Crippen LogP contribution in [-0.2, 0) is 94.7 Å². The molecule has 26 nitrogen and oxygen atoms in total. The second-order valence-electron chi connectivity index (χ2n) is 28.2. The van der Waals surface area contributed by atoms with Crippen molar-refractivity contribution in [3.8, 4) is 0 Å². The summed E-state index contributed by atoms with van der Waals surface area (Å²) in [6, 6.07) is 48.5. The summed E-state index contributed by atoms with van der Waals surface area (Å²) in [6.07, 6.45) is -24.1. The molecule has 8 aliphatic rings. The molecule has 8 aliphatic heterocycles. The molecule has 0 aromatic heterocycles. The first-order chi connectivity index (χ1) is 50.9. The van der Waals surface area contributed by atoms with E-state index in [1.807, 2.05) is 0 Å². The SMILES string of the molecule is CC1(C)O[C@H]2[C@@H](O1)[C@@H](CO[C@@H]1O[C@H](CSSC[C@H]3O[C@@H](OC[C@H]4O[C@@H]5OC(C)(C)O[C@@H]5[C@H]5OC(C)(C)O[C@H]54)[C@H](OC(=O)c4ccccc4)[C@@H](OC(=O)c4ccccc4)[C@@H]3OC(=O)c3ccccc3)[C@@H](OC(=O)c3ccccc3)[C@H](OC(=O)c3ccccc3)[C@H]1OC(=O)c1ccccc1)O[C@@H]1OC(C)(C)O[C@@H]12. The van der Waals surface area contributed by atoms with E-state index in [0.717, 1.165) is 21.6 Å². The van der Waals surface area contributed by atoms with Crippen LogP contribution in [0.4, 0.5) is 0 Å². The Kier molecular flexibility index (Phi) is 22.6. The van der Waals surface area contributed by atoms with Gasteiger partial charge in [0.1, 0.15) is 61.0 Å². The number of hydrogen-bond acceptors (Lipinski definition) is 28. The van der Waals surface area contributed by atoms with Crippen molar-refractivity contribution in [2.24, 2.45) is 0 Å². The first kappa shape index (κ1) is 75.1. The summed E-state index contributed by atoms with van der Waals surface area (Å²) in [5.74, 6) is -9.87. The highest BCUT2D eigenvalue weighted by molar-refractivity contribution is 8.76. The second-order valence-corrected chi connectivity index (χ2v) is 30.7. The van der Waals surface area contributed by atoms with Crippen LogP contribution in [0.5, 0.6) is 0 Å².